The molecule has 0 aliphatic rings. The predicted molar refractivity (Wildman–Crippen MR) is 58.1 cm³/mol. The standard InChI is InChI=1S/C12H14NO/c1-9-8-14-11-7-5-4-6-10(11)12(9)13(2)3/h4-8H,1-3H3/q+1. The summed E-state index contributed by atoms with van der Waals surface area (Å²) in [6, 6.07) is 8.09. The van der Waals surface area contributed by atoms with Gasteiger partial charge in [-0.2, -0.15) is 0 Å². The maximum Gasteiger partial charge on any atom is 0.216 e. The zero-order chi connectivity index (χ0) is 10.1. The second-order valence-corrected chi connectivity index (χ2v) is 3.66. The number of fused-ring (bicyclic) bond motifs is 1. The highest BCUT2D eigenvalue weighted by Crippen LogP contribution is 2.09. The Morgan fingerprint density at radius 2 is 1.86 bits per heavy atom. The molecule has 2 nitrogen and oxygen atoms in total. The van der Waals surface area contributed by atoms with Gasteiger partial charge in [0.1, 0.15) is 25.9 Å². The third-order valence-corrected chi connectivity index (χ3v) is 2.33. The lowest BCUT2D eigenvalue weighted by Gasteiger charge is -1.98. The van der Waals surface area contributed by atoms with Gasteiger partial charge in [0.15, 0.2) is 0 Å². The Morgan fingerprint density at radius 3 is 2.57 bits per heavy atom. The fourth-order valence-corrected chi connectivity index (χ4v) is 1.78. The number of rotatable bonds is 0. The SMILES string of the molecule is Cc1coc2ccccc2c1=[N+](C)C. The summed E-state index contributed by atoms with van der Waals surface area (Å²) in [5, 5.41) is 2.39. The Hall–Kier alpha value is -1.57. The van der Waals surface area contributed by atoms with Gasteiger partial charge in [0.25, 0.3) is 0 Å². The molecule has 0 N–H and O–H groups in total. The van der Waals surface area contributed by atoms with Gasteiger partial charge in [0.2, 0.25) is 5.36 Å². The van der Waals surface area contributed by atoms with Crippen LogP contribution >= 0.6 is 0 Å². The topological polar surface area (TPSA) is 16.1 Å². The van der Waals surface area contributed by atoms with Crippen molar-refractivity contribution in [3.63, 3.8) is 0 Å². The molecule has 0 radical (unpaired) electrons. The molecule has 0 spiro atoms. The highest BCUT2D eigenvalue weighted by atomic mass is 16.3. The molecule has 14 heavy (non-hydrogen) atoms. The zero-order valence-electron chi connectivity index (χ0n) is 8.74. The molecule has 1 heterocycles. The Morgan fingerprint density at radius 1 is 1.14 bits per heavy atom. The van der Waals surface area contributed by atoms with Gasteiger partial charge < -0.3 is 4.42 Å². The maximum absolute atomic E-state index is 5.51. The molecule has 0 fully saturated rings. The van der Waals surface area contributed by atoms with Crippen LogP contribution in [0.3, 0.4) is 0 Å². The minimum atomic E-state index is 0.932. The normalized spacial score (nSPS) is 10.5. The van der Waals surface area contributed by atoms with E-state index in [2.05, 4.69) is 31.7 Å². The Bertz CT molecular complexity index is 533. The van der Waals surface area contributed by atoms with E-state index in [1.807, 2.05) is 18.2 Å². The van der Waals surface area contributed by atoms with Gasteiger partial charge in [-0.05, 0) is 19.1 Å². The molecular formula is C12H14NO+. The lowest BCUT2D eigenvalue weighted by atomic mass is 10.2. The lowest BCUT2D eigenvalue weighted by molar-refractivity contribution is 0.593. The molecule has 1 aromatic heterocycles. The molecule has 0 unspecified atom stereocenters. The van der Waals surface area contributed by atoms with Crippen molar-refractivity contribution in [2.24, 2.45) is 0 Å². The fraction of sp³-hybridized carbons (Fsp3) is 0.250. The molecule has 0 amide bonds. The van der Waals surface area contributed by atoms with E-state index < -0.39 is 0 Å². The van der Waals surface area contributed by atoms with Gasteiger partial charge in [0.05, 0.1) is 10.9 Å². The van der Waals surface area contributed by atoms with E-state index in [0.29, 0.717) is 0 Å². The van der Waals surface area contributed by atoms with Gasteiger partial charge >= 0.3 is 0 Å². The summed E-state index contributed by atoms with van der Waals surface area (Å²) < 4.78 is 7.62. The van der Waals surface area contributed by atoms with Crippen molar-refractivity contribution in [3.8, 4) is 0 Å². The minimum absolute atomic E-state index is 0.932. The number of hydrogen-bond donors (Lipinski definition) is 0. The van der Waals surface area contributed by atoms with Crippen LogP contribution in [0.1, 0.15) is 5.56 Å². The monoisotopic (exact) mass is 188 g/mol. The van der Waals surface area contributed by atoms with Crippen LogP contribution in [0.5, 0.6) is 0 Å². The Kier molecular flexibility index (Phi) is 2.12. The van der Waals surface area contributed by atoms with Crippen molar-refractivity contribution in [2.75, 3.05) is 14.1 Å². The molecule has 72 valence electrons. The second-order valence-electron chi connectivity index (χ2n) is 3.66. The molecule has 0 saturated heterocycles. The van der Waals surface area contributed by atoms with Crippen LogP contribution in [-0.2, 0) is 0 Å². The number of aryl methyl sites for hydroxylation is 1. The Labute approximate surface area is 83.1 Å². The largest absolute Gasteiger partial charge is 0.464 e. The summed E-state index contributed by atoms with van der Waals surface area (Å²) in [6.07, 6.45) is 1.80. The van der Waals surface area contributed by atoms with Gasteiger partial charge in [-0.15, -0.1) is 0 Å². The van der Waals surface area contributed by atoms with Crippen molar-refractivity contribution < 1.29 is 4.42 Å². The zero-order valence-corrected chi connectivity index (χ0v) is 8.74. The molecule has 1 aromatic carbocycles. The molecule has 0 atom stereocenters. The third kappa shape index (κ3) is 1.33. The predicted octanol–water partition coefficient (Wildman–Crippen LogP) is 1.77. The quantitative estimate of drug-likeness (QED) is 0.575. The number of nitrogens with zero attached hydrogens (tertiary/aromatic N) is 1. The van der Waals surface area contributed by atoms with Crippen LogP contribution in [0.4, 0.5) is 0 Å². The van der Waals surface area contributed by atoms with Crippen molar-refractivity contribution in [3.05, 3.63) is 41.4 Å². The van der Waals surface area contributed by atoms with Crippen LogP contribution < -0.4 is 9.93 Å². The highest BCUT2D eigenvalue weighted by molar-refractivity contribution is 5.76. The van der Waals surface area contributed by atoms with Crippen molar-refractivity contribution in [2.45, 2.75) is 6.92 Å². The number of para-hydroxylation sites is 1. The van der Waals surface area contributed by atoms with E-state index in [-0.39, 0.29) is 0 Å². The third-order valence-electron chi connectivity index (χ3n) is 2.33. The van der Waals surface area contributed by atoms with Crippen molar-refractivity contribution in [1.82, 2.24) is 4.58 Å². The molecule has 2 aromatic rings. The molecule has 2 rings (SSSR count). The van der Waals surface area contributed by atoms with E-state index >= 15 is 0 Å². The van der Waals surface area contributed by atoms with E-state index in [4.69, 9.17) is 4.42 Å². The van der Waals surface area contributed by atoms with Gasteiger partial charge in [-0.3, -0.25) is 0 Å². The van der Waals surface area contributed by atoms with Crippen molar-refractivity contribution >= 4 is 11.0 Å². The minimum Gasteiger partial charge on any atom is -0.464 e. The lowest BCUT2D eigenvalue weighted by Crippen LogP contribution is -2.24. The van der Waals surface area contributed by atoms with Crippen LogP contribution in [-0.4, -0.2) is 14.1 Å². The molecule has 0 aliphatic carbocycles. The van der Waals surface area contributed by atoms with E-state index in [1.54, 1.807) is 6.26 Å². The molecule has 2 heteroatoms. The summed E-state index contributed by atoms with van der Waals surface area (Å²) in [5.74, 6) is 0. The fourth-order valence-electron chi connectivity index (χ4n) is 1.78. The maximum atomic E-state index is 5.51. The number of hydrogen-bond acceptors (Lipinski definition) is 1. The summed E-state index contributed by atoms with van der Waals surface area (Å²) in [6.45, 7) is 2.06. The van der Waals surface area contributed by atoms with E-state index in [9.17, 15) is 0 Å². The molecule has 0 bridgehead atoms. The van der Waals surface area contributed by atoms with Crippen LogP contribution in [0.25, 0.3) is 11.0 Å². The summed E-state index contributed by atoms with van der Waals surface area (Å²) >= 11 is 0. The van der Waals surface area contributed by atoms with Crippen LogP contribution in [0, 0.1) is 6.92 Å². The highest BCUT2D eigenvalue weighted by Gasteiger charge is 2.05. The van der Waals surface area contributed by atoms with Crippen LogP contribution in [0.2, 0.25) is 0 Å². The van der Waals surface area contributed by atoms with Crippen LogP contribution in [0.15, 0.2) is 34.9 Å². The first-order chi connectivity index (χ1) is 6.70. The number of benzene rings is 1. The molecule has 0 saturated carbocycles. The van der Waals surface area contributed by atoms with Crippen molar-refractivity contribution in [1.29, 1.82) is 0 Å². The first-order valence-electron chi connectivity index (χ1n) is 4.67. The first-order valence-corrected chi connectivity index (χ1v) is 4.67. The second kappa shape index (κ2) is 3.29. The molecule has 0 aliphatic heterocycles. The van der Waals surface area contributed by atoms with E-state index in [0.717, 1.165) is 16.5 Å². The smallest absolute Gasteiger partial charge is 0.216 e. The van der Waals surface area contributed by atoms with Gasteiger partial charge in [-0.1, -0.05) is 12.1 Å². The van der Waals surface area contributed by atoms with Gasteiger partial charge in [0, 0.05) is 0 Å². The summed E-state index contributed by atoms with van der Waals surface area (Å²) in [4.78, 5) is 0. The average molecular weight is 188 g/mol. The summed E-state index contributed by atoms with van der Waals surface area (Å²) in [5.41, 5.74) is 2.09. The Balaban J connectivity index is 3.06. The first kappa shape index (κ1) is 9.00. The summed E-state index contributed by atoms with van der Waals surface area (Å²) in [7, 11) is 4.10. The van der Waals surface area contributed by atoms with E-state index in [1.165, 1.54) is 5.36 Å². The molecular weight excluding hydrogens is 174 g/mol. The van der Waals surface area contributed by atoms with Gasteiger partial charge in [-0.25, -0.2) is 4.58 Å². The average Bonchev–Trinajstić information content (AvgIpc) is 2.17.